The van der Waals surface area contributed by atoms with Gasteiger partial charge in [-0.2, -0.15) is 0 Å². The van der Waals surface area contributed by atoms with Gasteiger partial charge in [-0.25, -0.2) is 4.79 Å². The van der Waals surface area contributed by atoms with Crippen LogP contribution in [0.1, 0.15) is 22.3 Å². The van der Waals surface area contributed by atoms with Gasteiger partial charge in [-0.1, -0.05) is 41.4 Å². The fraction of sp³-hybridized carbons (Fsp3) is 0.393. The largest absolute Gasteiger partial charge is 0.479 e. The smallest absolute Gasteiger partial charge is 0.335 e. The first-order valence-corrected chi connectivity index (χ1v) is 13.0. The molecule has 5 N–H and O–H groups in total. The number of carbonyl (C=O) groups excluding carboxylic acids is 1. The quantitative estimate of drug-likeness (QED) is 0.252. The van der Waals surface area contributed by atoms with Crippen LogP contribution in [0.5, 0.6) is 0 Å². The minimum Gasteiger partial charge on any atom is -0.479 e. The fourth-order valence-corrected chi connectivity index (χ4v) is 4.93. The molecule has 2 aromatic carbocycles. The molecule has 40 heavy (non-hydrogen) atoms. The van der Waals surface area contributed by atoms with Crippen LogP contribution in [-0.4, -0.2) is 86.0 Å². The number of H-pyrrole nitrogens is 1. The lowest BCUT2D eigenvalue weighted by Gasteiger charge is -2.38. The molecule has 4 rings (SSSR count). The molecule has 0 aliphatic carbocycles. The molecule has 214 valence electrons. The van der Waals surface area contributed by atoms with Crippen LogP contribution in [-0.2, 0) is 32.0 Å². The van der Waals surface area contributed by atoms with Crippen molar-refractivity contribution in [3.63, 3.8) is 0 Å². The lowest BCUT2D eigenvalue weighted by atomic mass is 9.99. The molecule has 1 aliphatic heterocycles. The van der Waals surface area contributed by atoms with Gasteiger partial charge in [-0.05, 0) is 48.6 Å². The number of rotatable bonds is 9. The Morgan fingerprint density at radius 1 is 1.05 bits per heavy atom. The number of carboxylic acid groups (broad SMARTS) is 1. The van der Waals surface area contributed by atoms with Gasteiger partial charge >= 0.3 is 5.97 Å². The molecule has 1 aliphatic rings. The average molecular weight is 575 g/mol. The lowest BCUT2D eigenvalue weighted by Crippen LogP contribution is -2.60. The molecular weight excluding hydrogens is 544 g/mol. The first-order valence-electron chi connectivity index (χ1n) is 12.6. The number of nitrogens with one attached hydrogen (secondary N) is 1. The third-order valence-corrected chi connectivity index (χ3v) is 7.21. The normalized spacial score (nSPS) is 22.8. The number of carbonyl (C=O) groups is 2. The number of benzene rings is 2. The first-order chi connectivity index (χ1) is 19.0. The van der Waals surface area contributed by atoms with Gasteiger partial charge in [0.2, 0.25) is 5.91 Å². The summed E-state index contributed by atoms with van der Waals surface area (Å²) in [7, 11) is 0. The zero-order valence-electron chi connectivity index (χ0n) is 21.9. The summed E-state index contributed by atoms with van der Waals surface area (Å²) >= 11 is 6.25. The van der Waals surface area contributed by atoms with E-state index in [9.17, 15) is 34.8 Å². The maximum atomic E-state index is 13.4. The van der Waals surface area contributed by atoms with E-state index in [1.807, 2.05) is 26.0 Å². The number of hydrogen-bond acceptors (Lipinski definition) is 8. The van der Waals surface area contributed by atoms with E-state index in [0.717, 1.165) is 16.5 Å². The number of ether oxygens (including phenoxy) is 2. The van der Waals surface area contributed by atoms with Gasteiger partial charge in [0.15, 0.2) is 12.4 Å². The molecule has 1 fully saturated rings. The molecule has 1 amide bonds. The summed E-state index contributed by atoms with van der Waals surface area (Å²) in [6.07, 6.45) is -8.85. The molecule has 5 atom stereocenters. The van der Waals surface area contributed by atoms with Crippen molar-refractivity contribution in [1.29, 1.82) is 0 Å². The predicted molar refractivity (Wildman–Crippen MR) is 145 cm³/mol. The topological polar surface area (TPSA) is 170 Å². The zero-order chi connectivity index (χ0) is 29.1. The second kappa shape index (κ2) is 12.5. The number of aliphatic hydroxyl groups excluding tert-OH is 3. The Labute approximate surface area is 234 Å². The fourth-order valence-electron chi connectivity index (χ4n) is 4.73. The monoisotopic (exact) mass is 574 g/mol. The first kappa shape index (κ1) is 29.7. The van der Waals surface area contributed by atoms with Crippen LogP contribution in [0.4, 0.5) is 0 Å². The lowest BCUT2D eigenvalue weighted by molar-refractivity contribution is -0.294. The van der Waals surface area contributed by atoms with Gasteiger partial charge < -0.3 is 39.8 Å². The van der Waals surface area contributed by atoms with E-state index in [2.05, 4.69) is 4.98 Å². The van der Waals surface area contributed by atoms with Gasteiger partial charge in [0, 0.05) is 17.1 Å². The van der Waals surface area contributed by atoms with Crippen molar-refractivity contribution in [2.45, 2.75) is 57.5 Å². The number of aliphatic carboxylic acids is 1. The number of amides is 1. The predicted octanol–water partition coefficient (Wildman–Crippen LogP) is 1.28. The Morgan fingerprint density at radius 3 is 2.48 bits per heavy atom. The molecule has 12 heteroatoms. The summed E-state index contributed by atoms with van der Waals surface area (Å²) in [6.45, 7) is 3.46. The number of fused-ring (bicyclic) bond motifs is 1. The third-order valence-electron chi connectivity index (χ3n) is 6.84. The van der Waals surface area contributed by atoms with E-state index in [0.29, 0.717) is 21.7 Å². The van der Waals surface area contributed by atoms with Gasteiger partial charge in [0.05, 0.1) is 25.1 Å². The Bertz CT molecular complexity index is 1460. The molecule has 0 unspecified atom stereocenters. The zero-order valence-corrected chi connectivity index (χ0v) is 22.7. The Kier molecular flexibility index (Phi) is 9.24. The number of pyridine rings is 1. The van der Waals surface area contributed by atoms with Crippen molar-refractivity contribution in [3.8, 4) is 0 Å². The van der Waals surface area contributed by atoms with E-state index >= 15 is 0 Å². The SMILES string of the molecule is Cc1cc(C)c2[nH]c(=O)c(CN(CCO[C@@H]3O[C@H](C(=O)O)[C@@H](O)[C@H](O)[C@H]3O)C(=O)Cc3ccccc3Cl)cc2c1. The molecule has 1 aromatic heterocycles. The standard InChI is InChI=1S/C28H31ClN2O9/c1-14-9-15(2)21-17(10-14)11-18(26(36)30-21)13-31(20(32)12-16-5-3-4-6-19(16)29)7-8-39-28-24(35)22(33)23(34)25(40-28)27(37)38/h3-6,9-11,22-25,28,33-35H,7-8,12-13H2,1-2H3,(H,30,36)(H,37,38)/t22-,23-,24+,25-,28+/m0/s1. The van der Waals surface area contributed by atoms with Crippen LogP contribution >= 0.6 is 11.6 Å². The van der Waals surface area contributed by atoms with Crippen molar-refractivity contribution in [3.05, 3.63) is 80.1 Å². The average Bonchev–Trinajstić information content (AvgIpc) is 2.89. The Hall–Kier alpha value is -3.32. The number of nitrogens with zero attached hydrogens (tertiary/aromatic N) is 1. The van der Waals surface area contributed by atoms with Crippen LogP contribution in [0.3, 0.4) is 0 Å². The van der Waals surface area contributed by atoms with E-state index in [4.69, 9.17) is 21.1 Å². The van der Waals surface area contributed by atoms with E-state index in [1.165, 1.54) is 4.90 Å². The third kappa shape index (κ3) is 6.52. The molecule has 0 spiro atoms. The van der Waals surface area contributed by atoms with Crippen LogP contribution in [0.2, 0.25) is 5.02 Å². The van der Waals surface area contributed by atoms with Crippen LogP contribution in [0.25, 0.3) is 10.9 Å². The number of carboxylic acids is 1. The molecule has 1 saturated heterocycles. The number of aromatic nitrogens is 1. The highest BCUT2D eigenvalue weighted by molar-refractivity contribution is 6.31. The summed E-state index contributed by atoms with van der Waals surface area (Å²) in [6, 6.07) is 12.5. The number of aryl methyl sites for hydroxylation is 2. The summed E-state index contributed by atoms with van der Waals surface area (Å²) in [5, 5.41) is 40.6. The van der Waals surface area contributed by atoms with Crippen molar-refractivity contribution < 1.29 is 39.5 Å². The second-order valence-electron chi connectivity index (χ2n) is 9.86. The summed E-state index contributed by atoms with van der Waals surface area (Å²) in [5.74, 6) is -1.90. The number of aromatic amines is 1. The van der Waals surface area contributed by atoms with E-state index in [1.54, 1.807) is 30.3 Å². The summed E-state index contributed by atoms with van der Waals surface area (Å²) in [5.41, 5.74) is 3.20. The van der Waals surface area contributed by atoms with Crippen molar-refractivity contribution in [2.24, 2.45) is 0 Å². The van der Waals surface area contributed by atoms with E-state index in [-0.39, 0.29) is 37.6 Å². The highest BCUT2D eigenvalue weighted by Crippen LogP contribution is 2.23. The van der Waals surface area contributed by atoms with Crippen LogP contribution in [0.15, 0.2) is 47.3 Å². The molecular formula is C28H31ClN2O9. The Morgan fingerprint density at radius 2 is 1.77 bits per heavy atom. The highest BCUT2D eigenvalue weighted by Gasteiger charge is 2.47. The van der Waals surface area contributed by atoms with Gasteiger partial charge in [0.25, 0.3) is 5.56 Å². The minimum absolute atomic E-state index is 0.0576. The molecule has 0 saturated carbocycles. The highest BCUT2D eigenvalue weighted by atomic mass is 35.5. The van der Waals surface area contributed by atoms with Crippen molar-refractivity contribution in [2.75, 3.05) is 13.2 Å². The molecule has 0 bridgehead atoms. The Balaban J connectivity index is 1.55. The van der Waals surface area contributed by atoms with Gasteiger partial charge in [0.1, 0.15) is 18.3 Å². The van der Waals surface area contributed by atoms with Gasteiger partial charge in [-0.3, -0.25) is 9.59 Å². The van der Waals surface area contributed by atoms with Crippen molar-refractivity contribution in [1.82, 2.24) is 9.88 Å². The molecule has 11 nitrogen and oxygen atoms in total. The summed E-state index contributed by atoms with van der Waals surface area (Å²) in [4.78, 5) is 42.0. The molecule has 2 heterocycles. The maximum absolute atomic E-state index is 13.4. The molecule has 3 aromatic rings. The maximum Gasteiger partial charge on any atom is 0.335 e. The molecule has 0 radical (unpaired) electrons. The van der Waals surface area contributed by atoms with Gasteiger partial charge in [-0.15, -0.1) is 0 Å². The number of aliphatic hydroxyl groups is 3. The second-order valence-corrected chi connectivity index (χ2v) is 10.3. The van der Waals surface area contributed by atoms with Crippen LogP contribution < -0.4 is 5.56 Å². The summed E-state index contributed by atoms with van der Waals surface area (Å²) < 4.78 is 10.7. The van der Waals surface area contributed by atoms with E-state index < -0.39 is 36.7 Å². The van der Waals surface area contributed by atoms with Crippen LogP contribution in [0, 0.1) is 13.8 Å². The number of hydrogen-bond donors (Lipinski definition) is 5. The van der Waals surface area contributed by atoms with Crippen molar-refractivity contribution >= 4 is 34.4 Å². The number of halogens is 1. The minimum atomic E-state index is -1.85.